The number of nitrogens with one attached hydrogen (secondary N) is 2. The lowest BCUT2D eigenvalue weighted by Gasteiger charge is -2.31. The normalized spacial score (nSPS) is 26.3. The highest BCUT2D eigenvalue weighted by Crippen LogP contribution is 2.22. The molecule has 0 saturated carbocycles. The van der Waals surface area contributed by atoms with E-state index < -0.39 is 0 Å². The van der Waals surface area contributed by atoms with Crippen molar-refractivity contribution in [3.05, 3.63) is 28.2 Å². The van der Waals surface area contributed by atoms with Crippen molar-refractivity contribution in [1.29, 1.82) is 0 Å². The second kappa shape index (κ2) is 6.76. The summed E-state index contributed by atoms with van der Waals surface area (Å²) in [6.45, 7) is 6.17. The minimum Gasteiger partial charge on any atom is -0.364 e. The van der Waals surface area contributed by atoms with E-state index in [1.807, 2.05) is 13.8 Å². The Balaban J connectivity index is 1.92. The number of ether oxygens (including phenoxy) is 1. The fourth-order valence-electron chi connectivity index (χ4n) is 2.59. The van der Waals surface area contributed by atoms with Crippen molar-refractivity contribution >= 4 is 34.8 Å². The highest BCUT2D eigenvalue weighted by atomic mass is 35.5. The molecule has 0 aliphatic carbocycles. The first-order chi connectivity index (χ1) is 9.42. The van der Waals surface area contributed by atoms with Crippen LogP contribution in [-0.2, 0) is 9.53 Å². The van der Waals surface area contributed by atoms with Gasteiger partial charge in [-0.05, 0) is 32.0 Å². The Labute approximate surface area is 129 Å². The summed E-state index contributed by atoms with van der Waals surface area (Å²) < 4.78 is 5.66. The van der Waals surface area contributed by atoms with E-state index in [9.17, 15) is 4.79 Å². The molecule has 0 bridgehead atoms. The lowest BCUT2D eigenvalue weighted by Crippen LogP contribution is -3.16. The number of anilines is 1. The average Bonchev–Trinajstić information content (AvgIpc) is 2.24. The van der Waals surface area contributed by atoms with Gasteiger partial charge in [-0.3, -0.25) is 4.79 Å². The predicted molar refractivity (Wildman–Crippen MR) is 80.7 cm³/mol. The zero-order valence-electron chi connectivity index (χ0n) is 11.6. The summed E-state index contributed by atoms with van der Waals surface area (Å²) in [5.41, 5.74) is 0.626. The van der Waals surface area contributed by atoms with Crippen molar-refractivity contribution in [3.63, 3.8) is 0 Å². The SMILES string of the molecule is C[C@@H]1C[NH+](CC(=O)Nc2cc(Cl)cc(Cl)c2)C[C@@H](C)O1. The van der Waals surface area contributed by atoms with Crippen LogP contribution in [0.15, 0.2) is 18.2 Å². The maximum atomic E-state index is 12.1. The van der Waals surface area contributed by atoms with Gasteiger partial charge in [0.1, 0.15) is 25.3 Å². The summed E-state index contributed by atoms with van der Waals surface area (Å²) in [4.78, 5) is 13.3. The summed E-state index contributed by atoms with van der Waals surface area (Å²) in [7, 11) is 0. The van der Waals surface area contributed by atoms with Crippen LogP contribution < -0.4 is 10.2 Å². The van der Waals surface area contributed by atoms with Crippen LogP contribution in [0.2, 0.25) is 10.0 Å². The monoisotopic (exact) mass is 317 g/mol. The molecule has 1 amide bonds. The molecule has 110 valence electrons. The van der Waals surface area contributed by atoms with Crippen LogP contribution in [-0.4, -0.2) is 37.7 Å². The minimum absolute atomic E-state index is 0.0420. The van der Waals surface area contributed by atoms with Gasteiger partial charge in [0, 0.05) is 15.7 Å². The lowest BCUT2D eigenvalue weighted by atomic mass is 10.2. The van der Waals surface area contributed by atoms with Gasteiger partial charge in [-0.15, -0.1) is 0 Å². The van der Waals surface area contributed by atoms with E-state index in [-0.39, 0.29) is 18.1 Å². The molecule has 2 rings (SSSR count). The zero-order valence-corrected chi connectivity index (χ0v) is 13.1. The van der Waals surface area contributed by atoms with Gasteiger partial charge in [-0.25, -0.2) is 0 Å². The summed E-state index contributed by atoms with van der Waals surface area (Å²) in [6, 6.07) is 5.01. The first-order valence-electron chi connectivity index (χ1n) is 6.67. The molecule has 1 heterocycles. The Morgan fingerprint density at radius 1 is 1.25 bits per heavy atom. The Morgan fingerprint density at radius 3 is 2.35 bits per heavy atom. The molecule has 0 spiro atoms. The second-order valence-corrected chi connectivity index (χ2v) is 6.17. The van der Waals surface area contributed by atoms with E-state index in [4.69, 9.17) is 27.9 Å². The molecule has 4 nitrogen and oxygen atoms in total. The third kappa shape index (κ3) is 4.63. The third-order valence-corrected chi connectivity index (χ3v) is 3.61. The average molecular weight is 318 g/mol. The summed E-state index contributed by atoms with van der Waals surface area (Å²) in [5, 5.41) is 3.85. The zero-order chi connectivity index (χ0) is 14.7. The fourth-order valence-corrected chi connectivity index (χ4v) is 3.12. The number of benzene rings is 1. The van der Waals surface area contributed by atoms with Gasteiger partial charge in [0.2, 0.25) is 0 Å². The standard InChI is InChI=1S/C14H18Cl2N2O2/c1-9-6-18(7-10(2)20-9)8-14(19)17-13-4-11(15)3-12(16)5-13/h3-5,9-10H,6-8H2,1-2H3,(H,17,19)/p+1/t9-,10-/m1/s1. The third-order valence-electron chi connectivity index (χ3n) is 3.17. The van der Waals surface area contributed by atoms with E-state index >= 15 is 0 Å². The number of rotatable bonds is 3. The van der Waals surface area contributed by atoms with E-state index in [2.05, 4.69) is 5.32 Å². The van der Waals surface area contributed by atoms with Crippen LogP contribution in [0.25, 0.3) is 0 Å². The predicted octanol–water partition coefficient (Wildman–Crippen LogP) is 1.62. The summed E-state index contributed by atoms with van der Waals surface area (Å²) in [5.74, 6) is -0.0420. The van der Waals surface area contributed by atoms with Crippen LogP contribution in [0.5, 0.6) is 0 Å². The molecule has 1 aliphatic heterocycles. The topological polar surface area (TPSA) is 42.8 Å². The molecule has 2 N–H and O–H groups in total. The van der Waals surface area contributed by atoms with E-state index in [0.29, 0.717) is 22.3 Å². The van der Waals surface area contributed by atoms with E-state index in [1.165, 1.54) is 4.90 Å². The van der Waals surface area contributed by atoms with Crippen LogP contribution in [0.4, 0.5) is 5.69 Å². The molecule has 1 fully saturated rings. The number of hydrogen-bond acceptors (Lipinski definition) is 2. The highest BCUT2D eigenvalue weighted by Gasteiger charge is 2.27. The number of morpholine rings is 1. The molecule has 1 aromatic rings. The van der Waals surface area contributed by atoms with Crippen LogP contribution in [0.3, 0.4) is 0 Å². The van der Waals surface area contributed by atoms with Gasteiger partial charge >= 0.3 is 0 Å². The number of carbonyl (C=O) groups excluding carboxylic acids is 1. The van der Waals surface area contributed by atoms with Crippen molar-refractivity contribution < 1.29 is 14.4 Å². The molecule has 1 saturated heterocycles. The highest BCUT2D eigenvalue weighted by molar-refractivity contribution is 6.35. The molecular formula is C14H19Cl2N2O2+. The van der Waals surface area contributed by atoms with Gasteiger partial charge in [-0.1, -0.05) is 23.2 Å². The van der Waals surface area contributed by atoms with Gasteiger partial charge in [0.15, 0.2) is 6.54 Å². The Kier molecular flexibility index (Phi) is 5.27. The van der Waals surface area contributed by atoms with Gasteiger partial charge in [0.05, 0.1) is 0 Å². The largest absolute Gasteiger partial charge is 0.364 e. The molecule has 0 radical (unpaired) electrons. The van der Waals surface area contributed by atoms with Crippen LogP contribution in [0.1, 0.15) is 13.8 Å². The van der Waals surface area contributed by atoms with Crippen molar-refractivity contribution in [1.82, 2.24) is 0 Å². The summed E-state index contributed by atoms with van der Waals surface area (Å²) in [6.07, 6.45) is 0.365. The van der Waals surface area contributed by atoms with Crippen LogP contribution >= 0.6 is 23.2 Å². The number of quaternary nitrogens is 1. The van der Waals surface area contributed by atoms with E-state index in [1.54, 1.807) is 18.2 Å². The van der Waals surface area contributed by atoms with E-state index in [0.717, 1.165) is 13.1 Å². The molecule has 0 unspecified atom stereocenters. The number of carbonyl (C=O) groups is 1. The molecular weight excluding hydrogens is 299 g/mol. The van der Waals surface area contributed by atoms with Gasteiger partial charge < -0.3 is 15.0 Å². The maximum absolute atomic E-state index is 12.1. The first-order valence-corrected chi connectivity index (χ1v) is 7.43. The van der Waals surface area contributed by atoms with Crippen molar-refractivity contribution in [2.45, 2.75) is 26.1 Å². The Bertz CT molecular complexity index is 466. The Morgan fingerprint density at radius 2 is 1.80 bits per heavy atom. The fraction of sp³-hybridized carbons (Fsp3) is 0.500. The first kappa shape index (κ1) is 15.6. The molecule has 1 aliphatic rings. The molecule has 6 heteroatoms. The van der Waals surface area contributed by atoms with Crippen LogP contribution in [0, 0.1) is 0 Å². The molecule has 20 heavy (non-hydrogen) atoms. The van der Waals surface area contributed by atoms with Crippen molar-refractivity contribution in [2.24, 2.45) is 0 Å². The maximum Gasteiger partial charge on any atom is 0.279 e. The number of hydrogen-bond donors (Lipinski definition) is 2. The molecule has 0 aromatic heterocycles. The molecule has 1 aromatic carbocycles. The lowest BCUT2D eigenvalue weighted by molar-refractivity contribution is -0.907. The minimum atomic E-state index is -0.0420. The quantitative estimate of drug-likeness (QED) is 0.889. The molecule has 2 atom stereocenters. The van der Waals surface area contributed by atoms with Gasteiger partial charge in [-0.2, -0.15) is 0 Å². The van der Waals surface area contributed by atoms with Gasteiger partial charge in [0.25, 0.3) is 5.91 Å². The Hall–Kier alpha value is -0.810. The van der Waals surface area contributed by atoms with Crippen molar-refractivity contribution in [2.75, 3.05) is 25.0 Å². The second-order valence-electron chi connectivity index (χ2n) is 5.30. The number of amides is 1. The summed E-state index contributed by atoms with van der Waals surface area (Å²) >= 11 is 11.8. The smallest absolute Gasteiger partial charge is 0.279 e. The number of halogens is 2. The van der Waals surface area contributed by atoms with Crippen molar-refractivity contribution in [3.8, 4) is 0 Å².